The number of nitrogens with one attached hydrogen (secondary N) is 1. The molecule has 3 rings (SSSR count). The summed E-state index contributed by atoms with van der Waals surface area (Å²) in [7, 11) is 0. The summed E-state index contributed by atoms with van der Waals surface area (Å²) in [6.07, 6.45) is 3.36. The molecule has 0 aliphatic carbocycles. The van der Waals surface area contributed by atoms with Gasteiger partial charge in [-0.2, -0.15) is 10.4 Å². The van der Waals surface area contributed by atoms with E-state index >= 15 is 0 Å². The lowest BCUT2D eigenvalue weighted by Gasteiger charge is -2.09. The highest BCUT2D eigenvalue weighted by Gasteiger charge is 2.18. The average Bonchev–Trinajstić information content (AvgIpc) is 3.03. The Labute approximate surface area is 132 Å². The van der Waals surface area contributed by atoms with Crippen molar-refractivity contribution in [3.05, 3.63) is 40.2 Å². The van der Waals surface area contributed by atoms with Crippen LogP contribution in [0.5, 0.6) is 0 Å². The Morgan fingerprint density at radius 3 is 2.77 bits per heavy atom. The SMILES string of the molecule is Cc1nc(C(C)C)c2c(C#N)cn(Cc3[nH]ncc3Cl)c2n1. The number of halogens is 1. The second kappa shape index (κ2) is 5.43. The molecule has 3 heterocycles. The standard InChI is InChI=1S/C15H15ClN6/c1-8(2)14-13-10(4-17)6-22(15(13)20-9(3)19-14)7-12-11(16)5-18-21-12/h5-6,8H,7H2,1-3H3,(H,18,21). The lowest BCUT2D eigenvalue weighted by Crippen LogP contribution is -2.04. The summed E-state index contributed by atoms with van der Waals surface area (Å²) >= 11 is 6.09. The Morgan fingerprint density at radius 1 is 1.41 bits per heavy atom. The molecule has 0 aliphatic heterocycles. The van der Waals surface area contributed by atoms with Gasteiger partial charge < -0.3 is 4.57 Å². The Balaban J connectivity index is 2.24. The first-order chi connectivity index (χ1) is 10.5. The van der Waals surface area contributed by atoms with Gasteiger partial charge in [0, 0.05) is 6.20 Å². The van der Waals surface area contributed by atoms with Gasteiger partial charge in [0.1, 0.15) is 17.5 Å². The summed E-state index contributed by atoms with van der Waals surface area (Å²) < 4.78 is 1.91. The van der Waals surface area contributed by atoms with Crippen molar-refractivity contribution in [2.75, 3.05) is 0 Å². The number of nitrogens with zero attached hydrogens (tertiary/aromatic N) is 5. The van der Waals surface area contributed by atoms with Crippen molar-refractivity contribution in [3.8, 4) is 6.07 Å². The topological polar surface area (TPSA) is 83.2 Å². The van der Waals surface area contributed by atoms with Crippen molar-refractivity contribution < 1.29 is 0 Å². The zero-order valence-corrected chi connectivity index (χ0v) is 13.3. The van der Waals surface area contributed by atoms with Crippen LogP contribution in [0.4, 0.5) is 0 Å². The third-order valence-electron chi connectivity index (χ3n) is 3.52. The number of rotatable bonds is 3. The van der Waals surface area contributed by atoms with Gasteiger partial charge in [-0.1, -0.05) is 25.4 Å². The van der Waals surface area contributed by atoms with Crippen LogP contribution in [0.2, 0.25) is 5.02 Å². The van der Waals surface area contributed by atoms with E-state index < -0.39 is 0 Å². The molecule has 0 aliphatic rings. The van der Waals surface area contributed by atoms with E-state index in [2.05, 4.69) is 40.1 Å². The minimum absolute atomic E-state index is 0.211. The van der Waals surface area contributed by atoms with Gasteiger partial charge >= 0.3 is 0 Å². The van der Waals surface area contributed by atoms with Crippen LogP contribution < -0.4 is 0 Å². The molecule has 6 nitrogen and oxygen atoms in total. The maximum Gasteiger partial charge on any atom is 0.145 e. The van der Waals surface area contributed by atoms with E-state index in [1.54, 1.807) is 12.4 Å². The zero-order chi connectivity index (χ0) is 15.9. The summed E-state index contributed by atoms with van der Waals surface area (Å²) in [5.74, 6) is 0.902. The van der Waals surface area contributed by atoms with Crippen LogP contribution in [0.3, 0.4) is 0 Å². The Bertz CT molecular complexity index is 883. The summed E-state index contributed by atoms with van der Waals surface area (Å²) in [6, 6.07) is 2.24. The van der Waals surface area contributed by atoms with Crippen LogP contribution in [0, 0.1) is 18.3 Å². The van der Waals surface area contributed by atoms with Gasteiger partial charge in [0.25, 0.3) is 0 Å². The monoisotopic (exact) mass is 314 g/mol. The Hall–Kier alpha value is -2.39. The molecular weight excluding hydrogens is 300 g/mol. The van der Waals surface area contributed by atoms with E-state index in [1.165, 1.54) is 0 Å². The summed E-state index contributed by atoms with van der Waals surface area (Å²) in [5.41, 5.74) is 3.01. The normalized spacial score (nSPS) is 11.3. The average molecular weight is 315 g/mol. The highest BCUT2D eigenvalue weighted by atomic mass is 35.5. The third kappa shape index (κ3) is 2.34. The van der Waals surface area contributed by atoms with E-state index in [-0.39, 0.29) is 5.92 Å². The maximum atomic E-state index is 9.44. The first-order valence-corrected chi connectivity index (χ1v) is 7.34. The van der Waals surface area contributed by atoms with Crippen molar-refractivity contribution in [1.82, 2.24) is 24.7 Å². The largest absolute Gasteiger partial charge is 0.325 e. The molecule has 1 N–H and O–H groups in total. The van der Waals surface area contributed by atoms with Gasteiger partial charge in [0.15, 0.2) is 0 Å². The molecule has 0 amide bonds. The Morgan fingerprint density at radius 2 is 2.18 bits per heavy atom. The van der Waals surface area contributed by atoms with Gasteiger partial charge in [0.2, 0.25) is 0 Å². The number of aromatic amines is 1. The van der Waals surface area contributed by atoms with Gasteiger partial charge in [-0.05, 0) is 12.8 Å². The molecular formula is C15H15ClN6. The molecule has 0 saturated carbocycles. The quantitative estimate of drug-likeness (QED) is 0.805. The van der Waals surface area contributed by atoms with Crippen molar-refractivity contribution in [1.29, 1.82) is 5.26 Å². The van der Waals surface area contributed by atoms with Crippen molar-refractivity contribution in [3.63, 3.8) is 0 Å². The smallest absolute Gasteiger partial charge is 0.145 e. The lowest BCUT2D eigenvalue weighted by molar-refractivity contribution is 0.778. The molecule has 0 saturated heterocycles. The van der Waals surface area contributed by atoms with Gasteiger partial charge in [-0.25, -0.2) is 9.97 Å². The van der Waals surface area contributed by atoms with Crippen LogP contribution >= 0.6 is 11.6 Å². The maximum absolute atomic E-state index is 9.44. The second-order valence-electron chi connectivity index (χ2n) is 5.49. The third-order valence-corrected chi connectivity index (χ3v) is 3.84. The molecule has 0 fully saturated rings. The van der Waals surface area contributed by atoms with Crippen molar-refractivity contribution in [2.24, 2.45) is 0 Å². The molecule has 0 unspecified atom stereocenters. The fraction of sp³-hybridized carbons (Fsp3) is 0.333. The van der Waals surface area contributed by atoms with Crippen molar-refractivity contribution in [2.45, 2.75) is 33.2 Å². The predicted octanol–water partition coefficient (Wildman–Crippen LogP) is 3.16. The highest BCUT2D eigenvalue weighted by molar-refractivity contribution is 6.31. The zero-order valence-electron chi connectivity index (χ0n) is 12.6. The van der Waals surface area contributed by atoms with E-state index in [9.17, 15) is 5.26 Å². The van der Waals surface area contributed by atoms with Gasteiger partial charge in [0.05, 0.1) is 40.1 Å². The van der Waals surface area contributed by atoms with Crippen LogP contribution in [0.1, 0.15) is 42.5 Å². The number of aryl methyl sites for hydroxylation is 1. The number of H-pyrrole nitrogens is 1. The molecule has 22 heavy (non-hydrogen) atoms. The fourth-order valence-electron chi connectivity index (χ4n) is 2.53. The fourth-order valence-corrected chi connectivity index (χ4v) is 2.68. The van der Waals surface area contributed by atoms with Gasteiger partial charge in [-0.15, -0.1) is 0 Å². The van der Waals surface area contributed by atoms with Crippen LogP contribution in [-0.2, 0) is 6.54 Å². The van der Waals surface area contributed by atoms with E-state index in [0.717, 1.165) is 22.4 Å². The van der Waals surface area contributed by atoms with Gasteiger partial charge in [-0.3, -0.25) is 5.10 Å². The molecule has 0 bridgehead atoms. The van der Waals surface area contributed by atoms with E-state index in [1.807, 2.05) is 11.5 Å². The molecule has 0 spiro atoms. The van der Waals surface area contributed by atoms with Crippen LogP contribution in [-0.4, -0.2) is 24.7 Å². The summed E-state index contributed by atoms with van der Waals surface area (Å²) in [5, 5.41) is 17.6. The van der Waals surface area contributed by atoms with Crippen LogP contribution in [0.25, 0.3) is 11.0 Å². The molecule has 112 valence electrons. The molecule has 0 radical (unpaired) electrons. The highest BCUT2D eigenvalue weighted by Crippen LogP contribution is 2.28. The number of aromatic nitrogens is 5. The number of nitriles is 1. The minimum Gasteiger partial charge on any atom is -0.325 e. The van der Waals surface area contributed by atoms with E-state index in [0.29, 0.717) is 23.0 Å². The van der Waals surface area contributed by atoms with Crippen molar-refractivity contribution >= 4 is 22.6 Å². The summed E-state index contributed by atoms with van der Waals surface area (Å²) in [4.78, 5) is 9.04. The Kier molecular flexibility index (Phi) is 3.59. The molecule has 0 atom stereocenters. The first kappa shape index (κ1) is 14.5. The molecule has 7 heteroatoms. The lowest BCUT2D eigenvalue weighted by atomic mass is 10.0. The number of hydrogen-bond acceptors (Lipinski definition) is 4. The summed E-state index contributed by atoms with van der Waals surface area (Å²) in [6.45, 7) is 6.46. The minimum atomic E-state index is 0.211. The number of fused-ring (bicyclic) bond motifs is 1. The van der Waals surface area contributed by atoms with E-state index in [4.69, 9.17) is 11.6 Å². The van der Waals surface area contributed by atoms with Crippen LogP contribution in [0.15, 0.2) is 12.4 Å². The molecule has 3 aromatic rings. The predicted molar refractivity (Wildman–Crippen MR) is 83.8 cm³/mol. The second-order valence-corrected chi connectivity index (χ2v) is 5.90. The first-order valence-electron chi connectivity index (χ1n) is 6.96. The number of hydrogen-bond donors (Lipinski definition) is 1. The molecule has 3 aromatic heterocycles. The molecule has 0 aromatic carbocycles.